The SMILES string of the molecule is COc1ccc(C[C@](C)(O)CNC(=O)c2ccc(F)cc2Cl)cc1. The molecule has 128 valence electrons. The van der Waals surface area contributed by atoms with E-state index < -0.39 is 17.3 Å². The summed E-state index contributed by atoms with van der Waals surface area (Å²) >= 11 is 5.86. The molecule has 2 aromatic carbocycles. The molecular formula is C18H19ClFNO3. The molecule has 4 nitrogen and oxygen atoms in total. The summed E-state index contributed by atoms with van der Waals surface area (Å²) in [5.41, 5.74) is -0.0651. The monoisotopic (exact) mass is 351 g/mol. The first-order valence-corrected chi connectivity index (χ1v) is 7.77. The van der Waals surface area contributed by atoms with Gasteiger partial charge in [-0.3, -0.25) is 4.79 Å². The van der Waals surface area contributed by atoms with Crippen LogP contribution in [0.15, 0.2) is 42.5 Å². The highest BCUT2D eigenvalue weighted by Gasteiger charge is 2.23. The normalized spacial score (nSPS) is 13.2. The molecule has 0 aliphatic heterocycles. The van der Waals surface area contributed by atoms with E-state index in [2.05, 4.69) is 5.32 Å². The molecule has 0 saturated heterocycles. The molecule has 6 heteroatoms. The minimum absolute atomic E-state index is 0.0299. The predicted octanol–water partition coefficient (Wildman–Crippen LogP) is 3.21. The topological polar surface area (TPSA) is 58.6 Å². The number of amides is 1. The average molecular weight is 352 g/mol. The van der Waals surface area contributed by atoms with Gasteiger partial charge in [-0.1, -0.05) is 23.7 Å². The summed E-state index contributed by atoms with van der Waals surface area (Å²) in [7, 11) is 1.58. The van der Waals surface area contributed by atoms with Gasteiger partial charge >= 0.3 is 0 Å². The second-order valence-corrected chi connectivity index (χ2v) is 6.24. The van der Waals surface area contributed by atoms with Crippen LogP contribution in [-0.2, 0) is 6.42 Å². The number of ether oxygens (including phenoxy) is 1. The van der Waals surface area contributed by atoms with Crippen LogP contribution < -0.4 is 10.1 Å². The quantitative estimate of drug-likeness (QED) is 0.840. The highest BCUT2D eigenvalue weighted by atomic mass is 35.5. The van der Waals surface area contributed by atoms with Crippen LogP contribution in [0.4, 0.5) is 4.39 Å². The summed E-state index contributed by atoms with van der Waals surface area (Å²) < 4.78 is 18.1. The molecule has 2 N–H and O–H groups in total. The van der Waals surface area contributed by atoms with Gasteiger partial charge in [-0.2, -0.15) is 0 Å². The molecule has 0 fully saturated rings. The number of nitrogens with one attached hydrogen (secondary N) is 1. The number of hydrogen-bond donors (Lipinski definition) is 2. The van der Waals surface area contributed by atoms with Crippen LogP contribution in [0, 0.1) is 5.82 Å². The Hall–Kier alpha value is -2.11. The number of carbonyl (C=O) groups is 1. The summed E-state index contributed by atoms with van der Waals surface area (Å²) in [6, 6.07) is 10.9. The van der Waals surface area contributed by atoms with E-state index in [1.807, 2.05) is 24.3 Å². The van der Waals surface area contributed by atoms with Crippen LogP contribution in [0.3, 0.4) is 0 Å². The molecule has 0 aliphatic rings. The minimum Gasteiger partial charge on any atom is -0.497 e. The zero-order valence-corrected chi connectivity index (χ0v) is 14.2. The number of benzene rings is 2. The summed E-state index contributed by atoms with van der Waals surface area (Å²) in [5, 5.41) is 13.1. The number of methoxy groups -OCH3 is 1. The summed E-state index contributed by atoms with van der Waals surface area (Å²) in [5.74, 6) is -0.240. The van der Waals surface area contributed by atoms with Crippen molar-refractivity contribution in [3.63, 3.8) is 0 Å². The van der Waals surface area contributed by atoms with Crippen molar-refractivity contribution in [2.75, 3.05) is 13.7 Å². The van der Waals surface area contributed by atoms with Gasteiger partial charge in [0.1, 0.15) is 11.6 Å². The van der Waals surface area contributed by atoms with Crippen LogP contribution in [-0.4, -0.2) is 30.3 Å². The molecule has 0 aliphatic carbocycles. The Morgan fingerprint density at radius 2 is 1.96 bits per heavy atom. The average Bonchev–Trinajstić information content (AvgIpc) is 2.53. The molecule has 0 heterocycles. The Morgan fingerprint density at radius 3 is 2.54 bits per heavy atom. The van der Waals surface area contributed by atoms with Crippen molar-refractivity contribution in [2.24, 2.45) is 0 Å². The Balaban J connectivity index is 1.96. The molecule has 2 aromatic rings. The van der Waals surface area contributed by atoms with Crippen molar-refractivity contribution in [1.29, 1.82) is 0 Å². The van der Waals surface area contributed by atoms with E-state index in [0.717, 1.165) is 23.4 Å². The van der Waals surface area contributed by atoms with Crippen molar-refractivity contribution in [2.45, 2.75) is 18.9 Å². The van der Waals surface area contributed by atoms with Crippen LogP contribution in [0.1, 0.15) is 22.8 Å². The Labute approximate surface area is 145 Å². The van der Waals surface area contributed by atoms with Gasteiger partial charge in [0.15, 0.2) is 0 Å². The van der Waals surface area contributed by atoms with E-state index in [9.17, 15) is 14.3 Å². The fourth-order valence-corrected chi connectivity index (χ4v) is 2.54. The first-order valence-electron chi connectivity index (χ1n) is 7.39. The van der Waals surface area contributed by atoms with E-state index in [-0.39, 0.29) is 17.1 Å². The first kappa shape index (κ1) is 18.2. The Bertz CT molecular complexity index is 717. The van der Waals surface area contributed by atoms with Gasteiger partial charge in [0, 0.05) is 13.0 Å². The molecule has 24 heavy (non-hydrogen) atoms. The highest BCUT2D eigenvalue weighted by Crippen LogP contribution is 2.19. The molecule has 2 rings (SSSR count). The lowest BCUT2D eigenvalue weighted by molar-refractivity contribution is 0.0552. The predicted molar refractivity (Wildman–Crippen MR) is 91.1 cm³/mol. The second kappa shape index (κ2) is 7.64. The number of halogens is 2. The van der Waals surface area contributed by atoms with Crippen LogP contribution >= 0.6 is 11.6 Å². The molecule has 0 unspecified atom stereocenters. The molecule has 1 amide bonds. The zero-order valence-electron chi connectivity index (χ0n) is 13.5. The van der Waals surface area contributed by atoms with Gasteiger partial charge in [-0.15, -0.1) is 0 Å². The van der Waals surface area contributed by atoms with Crippen molar-refractivity contribution in [3.8, 4) is 5.75 Å². The van der Waals surface area contributed by atoms with Gasteiger partial charge in [0.25, 0.3) is 5.91 Å². The molecule has 1 atom stereocenters. The number of hydrogen-bond acceptors (Lipinski definition) is 3. The summed E-state index contributed by atoms with van der Waals surface area (Å²) in [6.07, 6.45) is 0.356. The van der Waals surface area contributed by atoms with Crippen molar-refractivity contribution in [3.05, 3.63) is 64.4 Å². The lowest BCUT2D eigenvalue weighted by Crippen LogP contribution is -2.42. The first-order chi connectivity index (χ1) is 11.3. The van der Waals surface area contributed by atoms with Crippen LogP contribution in [0.5, 0.6) is 5.75 Å². The van der Waals surface area contributed by atoms with Crippen molar-refractivity contribution in [1.82, 2.24) is 5.32 Å². The van der Waals surface area contributed by atoms with Gasteiger partial charge < -0.3 is 15.2 Å². The molecule has 0 radical (unpaired) electrons. The number of rotatable bonds is 6. The van der Waals surface area contributed by atoms with E-state index >= 15 is 0 Å². The van der Waals surface area contributed by atoms with Gasteiger partial charge in [0.05, 0.1) is 23.3 Å². The fraction of sp³-hybridized carbons (Fsp3) is 0.278. The van der Waals surface area contributed by atoms with E-state index in [1.165, 1.54) is 6.07 Å². The number of aliphatic hydroxyl groups is 1. The third-order valence-electron chi connectivity index (χ3n) is 3.55. The van der Waals surface area contributed by atoms with Gasteiger partial charge in [-0.25, -0.2) is 4.39 Å². The van der Waals surface area contributed by atoms with Gasteiger partial charge in [0.2, 0.25) is 0 Å². The third kappa shape index (κ3) is 4.94. The van der Waals surface area contributed by atoms with E-state index in [1.54, 1.807) is 14.0 Å². The Morgan fingerprint density at radius 1 is 1.29 bits per heavy atom. The lowest BCUT2D eigenvalue weighted by Gasteiger charge is -2.24. The van der Waals surface area contributed by atoms with E-state index in [0.29, 0.717) is 6.42 Å². The van der Waals surface area contributed by atoms with Gasteiger partial charge in [-0.05, 0) is 42.8 Å². The smallest absolute Gasteiger partial charge is 0.252 e. The molecule has 0 bridgehead atoms. The Kier molecular flexibility index (Phi) is 5.80. The lowest BCUT2D eigenvalue weighted by atomic mass is 9.96. The maximum Gasteiger partial charge on any atom is 0.252 e. The third-order valence-corrected chi connectivity index (χ3v) is 3.86. The van der Waals surface area contributed by atoms with Crippen LogP contribution in [0.25, 0.3) is 0 Å². The second-order valence-electron chi connectivity index (χ2n) is 5.83. The highest BCUT2D eigenvalue weighted by molar-refractivity contribution is 6.33. The zero-order chi connectivity index (χ0) is 17.7. The van der Waals surface area contributed by atoms with Crippen molar-refractivity contribution >= 4 is 17.5 Å². The fourth-order valence-electron chi connectivity index (χ4n) is 2.29. The summed E-state index contributed by atoms with van der Waals surface area (Å²) in [6.45, 7) is 1.66. The molecule has 0 spiro atoms. The van der Waals surface area contributed by atoms with Crippen molar-refractivity contribution < 1.29 is 19.0 Å². The molecule has 0 saturated carbocycles. The maximum absolute atomic E-state index is 13.0. The largest absolute Gasteiger partial charge is 0.497 e. The van der Waals surface area contributed by atoms with E-state index in [4.69, 9.17) is 16.3 Å². The maximum atomic E-state index is 13.0. The summed E-state index contributed by atoms with van der Waals surface area (Å²) in [4.78, 5) is 12.1. The molecule has 0 aromatic heterocycles. The number of carbonyl (C=O) groups excluding carboxylic acids is 1. The minimum atomic E-state index is -1.14. The standard InChI is InChI=1S/C18H19ClFNO3/c1-18(23,10-12-3-6-14(24-2)7-4-12)11-21-17(22)15-8-5-13(20)9-16(15)19/h3-9,23H,10-11H2,1-2H3,(H,21,22)/t18-/m0/s1. The molecular weight excluding hydrogens is 333 g/mol. The van der Waals surface area contributed by atoms with Crippen LogP contribution in [0.2, 0.25) is 5.02 Å².